The van der Waals surface area contributed by atoms with Crippen molar-refractivity contribution in [3.8, 4) is 0 Å². The quantitative estimate of drug-likeness (QED) is 0.641. The number of carbonyl (C=O) groups excluding carboxylic acids is 2. The lowest BCUT2D eigenvalue weighted by Gasteiger charge is -2.37. The smallest absolute Gasteiger partial charge is 0.290 e. The van der Waals surface area contributed by atoms with Crippen LogP contribution < -0.4 is 0 Å². The van der Waals surface area contributed by atoms with E-state index in [4.69, 9.17) is 9.47 Å². The van der Waals surface area contributed by atoms with Crippen LogP contribution in [0.15, 0.2) is 35.6 Å². The van der Waals surface area contributed by atoms with Gasteiger partial charge in [0, 0.05) is 23.5 Å². The first-order chi connectivity index (χ1) is 14.0. The first kappa shape index (κ1) is 19.2. The predicted molar refractivity (Wildman–Crippen MR) is 107 cm³/mol. The van der Waals surface area contributed by atoms with Crippen LogP contribution in [0.5, 0.6) is 0 Å². The van der Waals surface area contributed by atoms with Gasteiger partial charge in [0.1, 0.15) is 11.9 Å². The van der Waals surface area contributed by atoms with Crippen LogP contribution in [0, 0.1) is 11.7 Å². The van der Waals surface area contributed by atoms with Gasteiger partial charge in [0.2, 0.25) is 0 Å². The maximum absolute atomic E-state index is 14.8. The van der Waals surface area contributed by atoms with Crippen LogP contribution >= 0.6 is 15.9 Å². The van der Waals surface area contributed by atoms with Crippen molar-refractivity contribution in [3.63, 3.8) is 0 Å². The Morgan fingerprint density at radius 3 is 2.76 bits per heavy atom. The molecule has 3 heterocycles. The summed E-state index contributed by atoms with van der Waals surface area (Å²) in [6.45, 7) is 0.994. The molecule has 1 aromatic carbocycles. The number of alkyl halides is 1. The molecule has 1 aliphatic carbocycles. The Labute approximate surface area is 177 Å². The number of Topliss-reactive ketones (excluding diaryl/α,β-unsaturated/α-hetero) is 1. The fraction of sp³-hybridized carbons (Fsp3) is 0.545. The van der Waals surface area contributed by atoms with Crippen LogP contribution in [0.4, 0.5) is 4.39 Å². The zero-order valence-corrected chi connectivity index (χ0v) is 17.6. The van der Waals surface area contributed by atoms with Crippen LogP contribution in [0.1, 0.15) is 43.7 Å². The maximum atomic E-state index is 14.8. The summed E-state index contributed by atoms with van der Waals surface area (Å²) in [5.74, 6) is -0.992. The van der Waals surface area contributed by atoms with E-state index in [2.05, 4.69) is 15.9 Å². The third-order valence-corrected chi connectivity index (χ3v) is 7.33. The number of ketones is 1. The Morgan fingerprint density at radius 1 is 1.17 bits per heavy atom. The molecule has 0 bridgehead atoms. The number of ether oxygens (including phenoxy) is 2. The number of hydrogen-bond acceptors (Lipinski definition) is 4. The molecule has 5 unspecified atom stereocenters. The maximum Gasteiger partial charge on any atom is 0.290 e. The molecule has 5 rings (SSSR count). The summed E-state index contributed by atoms with van der Waals surface area (Å²) in [5.41, 5.74) is 0.659. The topological polar surface area (TPSA) is 55.8 Å². The van der Waals surface area contributed by atoms with Crippen LogP contribution in [0.3, 0.4) is 0 Å². The molecule has 0 spiro atoms. The summed E-state index contributed by atoms with van der Waals surface area (Å²) in [7, 11) is 0. The number of rotatable bonds is 3. The van der Waals surface area contributed by atoms with Crippen LogP contribution in [-0.4, -0.2) is 46.8 Å². The van der Waals surface area contributed by atoms with Crippen molar-refractivity contribution >= 4 is 27.6 Å². The van der Waals surface area contributed by atoms with E-state index in [0.29, 0.717) is 30.7 Å². The van der Waals surface area contributed by atoms with E-state index in [1.807, 2.05) is 0 Å². The fourth-order valence-corrected chi connectivity index (χ4v) is 5.75. The Hall–Kier alpha value is -1.73. The van der Waals surface area contributed by atoms with Crippen molar-refractivity contribution in [3.05, 3.63) is 47.0 Å². The van der Waals surface area contributed by atoms with Crippen molar-refractivity contribution in [2.45, 2.75) is 55.2 Å². The number of benzene rings is 1. The normalized spacial score (nSPS) is 34.3. The second-order valence-corrected chi connectivity index (χ2v) is 9.59. The van der Waals surface area contributed by atoms with Gasteiger partial charge in [-0.1, -0.05) is 34.1 Å². The van der Waals surface area contributed by atoms with Crippen LogP contribution in [-0.2, 0) is 19.1 Å². The van der Waals surface area contributed by atoms with Gasteiger partial charge >= 0.3 is 0 Å². The van der Waals surface area contributed by atoms with Gasteiger partial charge in [-0.15, -0.1) is 0 Å². The van der Waals surface area contributed by atoms with E-state index in [1.165, 1.54) is 6.07 Å². The van der Waals surface area contributed by atoms with Crippen molar-refractivity contribution in [2.75, 3.05) is 13.2 Å². The van der Waals surface area contributed by atoms with Gasteiger partial charge in [-0.3, -0.25) is 9.59 Å². The number of nitrogens with zero attached hydrogens (tertiary/aromatic N) is 1. The number of hydrogen-bond donors (Lipinski definition) is 0. The van der Waals surface area contributed by atoms with Crippen molar-refractivity contribution in [2.24, 2.45) is 5.92 Å². The number of carbonyl (C=O) groups is 2. The van der Waals surface area contributed by atoms with Crippen LogP contribution in [0.25, 0.3) is 0 Å². The molecule has 0 radical (unpaired) electrons. The summed E-state index contributed by atoms with van der Waals surface area (Å²) in [6.07, 6.45) is 3.72. The van der Waals surface area contributed by atoms with Gasteiger partial charge in [0.25, 0.3) is 5.91 Å². The monoisotopic (exact) mass is 463 g/mol. The van der Waals surface area contributed by atoms with E-state index < -0.39 is 11.9 Å². The Morgan fingerprint density at radius 2 is 2.00 bits per heavy atom. The molecule has 1 aromatic rings. The minimum atomic E-state index is -0.757. The molecular weight excluding hydrogens is 441 g/mol. The standard InChI is InChI=1S/C22H23BrFNO4/c23-12-7-8-17-15(10-12)20(26)18-19(14-5-1-2-6-16(14)24)25(22(27)21(18)29-17)11-13-4-3-9-28-13/h1-2,5-6,12-13,15,17,19H,3-4,7-11H2. The number of halogens is 2. The van der Waals surface area contributed by atoms with Crippen molar-refractivity contribution < 1.29 is 23.5 Å². The first-order valence-corrected chi connectivity index (χ1v) is 11.2. The summed E-state index contributed by atoms with van der Waals surface area (Å²) >= 11 is 3.63. The van der Waals surface area contributed by atoms with Gasteiger partial charge in [-0.05, 0) is 38.2 Å². The average molecular weight is 464 g/mol. The third kappa shape index (κ3) is 3.22. The third-order valence-electron chi connectivity index (χ3n) is 6.50. The fourth-order valence-electron chi connectivity index (χ4n) is 5.08. The molecule has 29 heavy (non-hydrogen) atoms. The van der Waals surface area contributed by atoms with Crippen molar-refractivity contribution in [1.29, 1.82) is 0 Å². The van der Waals surface area contributed by atoms with E-state index in [0.717, 1.165) is 25.7 Å². The lowest BCUT2D eigenvalue weighted by molar-refractivity contribution is -0.136. The summed E-state index contributed by atoms with van der Waals surface area (Å²) in [4.78, 5) is 28.7. The minimum Gasteiger partial charge on any atom is -0.483 e. The first-order valence-electron chi connectivity index (χ1n) is 10.3. The lowest BCUT2D eigenvalue weighted by Crippen LogP contribution is -2.41. The number of fused-ring (bicyclic) bond motifs is 1. The molecule has 7 heteroatoms. The molecule has 0 aromatic heterocycles. The lowest BCUT2D eigenvalue weighted by atomic mass is 9.77. The molecule has 3 aliphatic heterocycles. The highest BCUT2D eigenvalue weighted by molar-refractivity contribution is 9.09. The molecule has 4 aliphatic rings. The summed E-state index contributed by atoms with van der Waals surface area (Å²) in [6, 6.07) is 5.61. The molecular formula is C22H23BrFNO4. The highest BCUT2D eigenvalue weighted by atomic mass is 79.9. The molecule has 2 fully saturated rings. The summed E-state index contributed by atoms with van der Waals surface area (Å²) < 4.78 is 26.6. The second kappa shape index (κ2) is 7.51. The SMILES string of the molecule is O=C1C2=C(OC3CCC(Br)CC13)C(=O)N(CC1CCCO1)C2c1ccccc1F. The Balaban J connectivity index is 1.57. The van der Waals surface area contributed by atoms with Gasteiger partial charge in [-0.2, -0.15) is 0 Å². The zero-order valence-electron chi connectivity index (χ0n) is 16.0. The highest BCUT2D eigenvalue weighted by Gasteiger charge is 2.53. The van der Waals surface area contributed by atoms with E-state index in [9.17, 15) is 14.0 Å². The molecule has 154 valence electrons. The zero-order chi connectivity index (χ0) is 20.1. The number of amides is 1. The molecule has 5 atom stereocenters. The van der Waals surface area contributed by atoms with Gasteiger partial charge in [-0.25, -0.2) is 4.39 Å². The predicted octanol–water partition coefficient (Wildman–Crippen LogP) is 3.67. The summed E-state index contributed by atoms with van der Waals surface area (Å²) in [5, 5.41) is 0. The second-order valence-electron chi connectivity index (χ2n) is 8.30. The molecule has 1 saturated heterocycles. The van der Waals surface area contributed by atoms with Gasteiger partial charge in [0.15, 0.2) is 11.5 Å². The van der Waals surface area contributed by atoms with Gasteiger partial charge < -0.3 is 14.4 Å². The van der Waals surface area contributed by atoms with Gasteiger partial charge in [0.05, 0.1) is 23.6 Å². The Kier molecular flexibility index (Phi) is 4.98. The largest absolute Gasteiger partial charge is 0.483 e. The highest BCUT2D eigenvalue weighted by Crippen LogP contribution is 2.48. The molecule has 0 N–H and O–H groups in total. The van der Waals surface area contributed by atoms with Crippen molar-refractivity contribution in [1.82, 2.24) is 4.90 Å². The molecule has 1 amide bonds. The minimum absolute atomic E-state index is 0.0724. The van der Waals surface area contributed by atoms with E-state index in [-0.39, 0.29) is 40.4 Å². The Bertz CT molecular complexity index is 881. The average Bonchev–Trinajstić information content (AvgIpc) is 3.31. The molecule has 5 nitrogen and oxygen atoms in total. The van der Waals surface area contributed by atoms with E-state index in [1.54, 1.807) is 23.1 Å². The molecule has 1 saturated carbocycles. The van der Waals surface area contributed by atoms with E-state index >= 15 is 0 Å². The van der Waals surface area contributed by atoms with Crippen LogP contribution in [0.2, 0.25) is 0 Å².